The first-order valence-corrected chi connectivity index (χ1v) is 7.96. The van der Waals surface area contributed by atoms with Gasteiger partial charge in [0.2, 0.25) is 5.91 Å². The van der Waals surface area contributed by atoms with Crippen molar-refractivity contribution in [3.05, 3.63) is 71.8 Å². The van der Waals surface area contributed by atoms with Gasteiger partial charge in [0.15, 0.2) is 0 Å². The molecular formula is C19H23N3O2. The second kappa shape index (κ2) is 8.84. The van der Waals surface area contributed by atoms with Crippen molar-refractivity contribution >= 4 is 11.9 Å². The Kier molecular flexibility index (Phi) is 6.51. The summed E-state index contributed by atoms with van der Waals surface area (Å²) in [4.78, 5) is 23.0. The average molecular weight is 325 g/mol. The van der Waals surface area contributed by atoms with Gasteiger partial charge in [0.05, 0.1) is 6.54 Å². The maximum absolute atomic E-state index is 11.8. The first-order valence-electron chi connectivity index (χ1n) is 7.96. The van der Waals surface area contributed by atoms with Crippen molar-refractivity contribution in [2.45, 2.75) is 18.9 Å². The number of carbonyl (C=O) groups excluding carboxylic acids is 2. The maximum atomic E-state index is 11.8. The van der Waals surface area contributed by atoms with Gasteiger partial charge in [-0.25, -0.2) is 4.79 Å². The first kappa shape index (κ1) is 17.7. The van der Waals surface area contributed by atoms with E-state index in [0.29, 0.717) is 0 Å². The van der Waals surface area contributed by atoms with Crippen LogP contribution in [0, 0.1) is 0 Å². The summed E-state index contributed by atoms with van der Waals surface area (Å²) in [6.07, 6.45) is 0. The van der Waals surface area contributed by atoms with Crippen LogP contribution in [0.5, 0.6) is 0 Å². The number of urea groups is 1. The predicted octanol–water partition coefficient (Wildman–Crippen LogP) is 2.25. The van der Waals surface area contributed by atoms with Crippen LogP contribution < -0.4 is 16.0 Å². The number of benzene rings is 2. The Balaban J connectivity index is 2.10. The topological polar surface area (TPSA) is 70.2 Å². The minimum absolute atomic E-state index is 0.0187. The summed E-state index contributed by atoms with van der Waals surface area (Å²) in [5, 5.41) is 7.83. The van der Waals surface area contributed by atoms with Gasteiger partial charge in [-0.1, -0.05) is 60.7 Å². The quantitative estimate of drug-likeness (QED) is 0.763. The van der Waals surface area contributed by atoms with Gasteiger partial charge in [-0.2, -0.15) is 0 Å². The number of rotatable bonds is 6. The zero-order valence-electron chi connectivity index (χ0n) is 14.0. The Labute approximate surface area is 142 Å². The van der Waals surface area contributed by atoms with Gasteiger partial charge in [0.1, 0.15) is 0 Å². The van der Waals surface area contributed by atoms with Crippen LogP contribution >= 0.6 is 0 Å². The van der Waals surface area contributed by atoms with Crippen molar-refractivity contribution < 1.29 is 9.59 Å². The van der Waals surface area contributed by atoms with Crippen molar-refractivity contribution in [3.63, 3.8) is 0 Å². The van der Waals surface area contributed by atoms with E-state index in [-0.39, 0.29) is 24.4 Å². The summed E-state index contributed by atoms with van der Waals surface area (Å²) in [6.45, 7) is 2.11. The molecule has 0 saturated heterocycles. The number of amides is 3. The molecule has 5 nitrogen and oxygen atoms in total. The van der Waals surface area contributed by atoms with E-state index >= 15 is 0 Å². The normalized spacial score (nSPS) is 11.8. The van der Waals surface area contributed by atoms with Gasteiger partial charge >= 0.3 is 6.03 Å². The van der Waals surface area contributed by atoms with Crippen LogP contribution in [0.1, 0.15) is 24.0 Å². The fraction of sp³-hybridized carbons (Fsp3) is 0.263. The Morgan fingerprint density at radius 1 is 0.917 bits per heavy atom. The van der Waals surface area contributed by atoms with Crippen LogP contribution in [0.2, 0.25) is 0 Å². The molecular weight excluding hydrogens is 302 g/mol. The average Bonchev–Trinajstić information content (AvgIpc) is 2.62. The number of carbonyl (C=O) groups is 2. The summed E-state index contributed by atoms with van der Waals surface area (Å²) < 4.78 is 0. The van der Waals surface area contributed by atoms with Crippen LogP contribution in [0.4, 0.5) is 4.79 Å². The van der Waals surface area contributed by atoms with Crippen molar-refractivity contribution in [2.75, 3.05) is 13.6 Å². The molecule has 5 heteroatoms. The molecule has 1 atom stereocenters. The zero-order valence-corrected chi connectivity index (χ0v) is 14.0. The molecule has 0 heterocycles. The lowest BCUT2D eigenvalue weighted by molar-refractivity contribution is -0.119. The minimum Gasteiger partial charge on any atom is -0.341 e. The van der Waals surface area contributed by atoms with Gasteiger partial charge in [-0.15, -0.1) is 0 Å². The third-order valence-electron chi connectivity index (χ3n) is 3.88. The molecule has 0 aliphatic rings. The lowest BCUT2D eigenvalue weighted by atomic mass is 9.86. The molecule has 24 heavy (non-hydrogen) atoms. The van der Waals surface area contributed by atoms with Gasteiger partial charge in [-0.3, -0.25) is 10.1 Å². The number of nitrogens with one attached hydrogen (secondary N) is 3. The maximum Gasteiger partial charge on any atom is 0.321 e. The molecule has 2 aromatic carbocycles. The van der Waals surface area contributed by atoms with Crippen LogP contribution in [0.15, 0.2) is 60.7 Å². The molecule has 0 unspecified atom stereocenters. The summed E-state index contributed by atoms with van der Waals surface area (Å²) in [6, 6.07) is 19.9. The summed E-state index contributed by atoms with van der Waals surface area (Å²) in [5.41, 5.74) is 2.35. The smallest absolute Gasteiger partial charge is 0.321 e. The fourth-order valence-electron chi connectivity index (χ4n) is 2.70. The van der Waals surface area contributed by atoms with Crippen LogP contribution in [-0.4, -0.2) is 31.6 Å². The molecule has 0 spiro atoms. The van der Waals surface area contributed by atoms with Crippen LogP contribution in [0.3, 0.4) is 0 Å². The Morgan fingerprint density at radius 3 is 1.88 bits per heavy atom. The molecule has 0 aliphatic carbocycles. The van der Waals surface area contributed by atoms with Crippen molar-refractivity contribution in [3.8, 4) is 0 Å². The highest BCUT2D eigenvalue weighted by Gasteiger charge is 2.21. The number of hydrogen-bond acceptors (Lipinski definition) is 3. The molecule has 3 N–H and O–H groups in total. The highest BCUT2D eigenvalue weighted by atomic mass is 16.2. The first-order chi connectivity index (χ1) is 11.6. The van der Waals surface area contributed by atoms with E-state index in [0.717, 1.165) is 0 Å². The second-order valence-electron chi connectivity index (χ2n) is 5.60. The third kappa shape index (κ3) is 4.93. The van der Waals surface area contributed by atoms with Crippen molar-refractivity contribution in [1.82, 2.24) is 16.0 Å². The summed E-state index contributed by atoms with van der Waals surface area (Å²) >= 11 is 0. The van der Waals surface area contributed by atoms with Crippen LogP contribution in [0.25, 0.3) is 0 Å². The lowest BCUT2D eigenvalue weighted by Gasteiger charge is -2.26. The molecule has 0 saturated carbocycles. The van der Waals surface area contributed by atoms with Gasteiger partial charge < -0.3 is 10.6 Å². The van der Waals surface area contributed by atoms with Gasteiger partial charge in [0, 0.05) is 19.0 Å². The highest BCUT2D eigenvalue weighted by Crippen LogP contribution is 2.27. The molecule has 3 amide bonds. The molecule has 0 bridgehead atoms. The second-order valence-corrected chi connectivity index (χ2v) is 5.60. The highest BCUT2D eigenvalue weighted by molar-refractivity contribution is 5.95. The largest absolute Gasteiger partial charge is 0.341 e. The van der Waals surface area contributed by atoms with E-state index in [4.69, 9.17) is 0 Å². The van der Waals surface area contributed by atoms with E-state index in [2.05, 4.69) is 40.2 Å². The van der Waals surface area contributed by atoms with E-state index in [1.54, 1.807) is 0 Å². The molecule has 0 radical (unpaired) electrons. The fourth-order valence-corrected chi connectivity index (χ4v) is 2.70. The Morgan fingerprint density at radius 2 is 1.42 bits per heavy atom. The third-order valence-corrected chi connectivity index (χ3v) is 3.88. The standard InChI is InChI=1S/C19H23N3O2/c1-14(21-13-17(23)22-19(24)20-2)18(15-9-5-3-6-10-15)16-11-7-4-8-12-16/h3-12,14,18,21H,13H2,1-2H3,(H2,20,22,23,24)/t14-/m1/s1. The van der Waals surface area contributed by atoms with E-state index in [1.807, 2.05) is 43.3 Å². The van der Waals surface area contributed by atoms with Gasteiger partial charge in [-0.05, 0) is 18.1 Å². The Bertz CT molecular complexity index is 619. The summed E-state index contributed by atoms with van der Waals surface area (Å²) in [7, 11) is 1.47. The van der Waals surface area contributed by atoms with Crippen molar-refractivity contribution in [2.24, 2.45) is 0 Å². The van der Waals surface area contributed by atoms with E-state index in [9.17, 15) is 9.59 Å². The van der Waals surface area contributed by atoms with Crippen molar-refractivity contribution in [1.29, 1.82) is 0 Å². The van der Waals surface area contributed by atoms with E-state index < -0.39 is 6.03 Å². The molecule has 126 valence electrons. The molecule has 0 aromatic heterocycles. The predicted molar refractivity (Wildman–Crippen MR) is 94.8 cm³/mol. The monoisotopic (exact) mass is 325 g/mol. The number of imide groups is 1. The minimum atomic E-state index is -0.503. The number of hydrogen-bond donors (Lipinski definition) is 3. The lowest BCUT2D eigenvalue weighted by Crippen LogP contribution is -2.45. The van der Waals surface area contributed by atoms with E-state index in [1.165, 1.54) is 18.2 Å². The molecule has 0 aliphatic heterocycles. The Hall–Kier alpha value is -2.66. The molecule has 0 fully saturated rings. The van der Waals surface area contributed by atoms with Gasteiger partial charge in [0.25, 0.3) is 0 Å². The van der Waals surface area contributed by atoms with Crippen LogP contribution in [-0.2, 0) is 4.79 Å². The SMILES string of the molecule is CNC(=O)NC(=O)CN[C@H](C)C(c1ccccc1)c1ccccc1. The summed E-state index contributed by atoms with van der Waals surface area (Å²) in [5.74, 6) is -0.249. The molecule has 2 aromatic rings. The zero-order chi connectivity index (χ0) is 17.4. The molecule has 2 rings (SSSR count).